The molecule has 5 heteroatoms. The van der Waals surface area contributed by atoms with Crippen molar-refractivity contribution in [2.45, 2.75) is 20.3 Å². The third-order valence-corrected chi connectivity index (χ3v) is 5.67. The summed E-state index contributed by atoms with van der Waals surface area (Å²) in [5.74, 6) is -1.32. The van der Waals surface area contributed by atoms with E-state index < -0.39 is 18.5 Å². The minimum Gasteiger partial charge on any atom is -0.481 e. The van der Waals surface area contributed by atoms with E-state index in [1.165, 1.54) is 5.56 Å². The van der Waals surface area contributed by atoms with Gasteiger partial charge in [0.2, 0.25) is 5.91 Å². The van der Waals surface area contributed by atoms with E-state index in [-0.39, 0.29) is 0 Å². The molecule has 31 heavy (non-hydrogen) atoms. The van der Waals surface area contributed by atoms with Gasteiger partial charge < -0.3 is 15.6 Å². The monoisotopic (exact) mass is 413 g/mol. The zero-order valence-corrected chi connectivity index (χ0v) is 17.4. The second-order valence-corrected chi connectivity index (χ2v) is 7.50. The van der Waals surface area contributed by atoms with E-state index in [0.29, 0.717) is 16.9 Å². The van der Waals surface area contributed by atoms with Crippen LogP contribution in [0.15, 0.2) is 60.2 Å². The van der Waals surface area contributed by atoms with E-state index >= 15 is 0 Å². The Morgan fingerprint density at radius 3 is 2.55 bits per heavy atom. The van der Waals surface area contributed by atoms with E-state index in [4.69, 9.17) is 15.6 Å². The number of amides is 1. The van der Waals surface area contributed by atoms with Gasteiger partial charge in [-0.3, -0.25) is 4.79 Å². The van der Waals surface area contributed by atoms with E-state index in [2.05, 4.69) is 37.3 Å². The first-order valence-corrected chi connectivity index (χ1v) is 10.1. The number of hydrogen-bond donors (Lipinski definition) is 2. The summed E-state index contributed by atoms with van der Waals surface area (Å²) in [6.45, 7) is 3.48. The summed E-state index contributed by atoms with van der Waals surface area (Å²) < 4.78 is 5.48. The summed E-state index contributed by atoms with van der Waals surface area (Å²) in [6.07, 6.45) is 2.97. The molecular weight excluding hydrogens is 390 g/mol. The minimum absolute atomic E-state index is 0.338. The highest BCUT2D eigenvalue weighted by Gasteiger charge is 2.30. The first-order chi connectivity index (χ1) is 14.9. The number of hydrogen-bond acceptors (Lipinski definition) is 3. The normalized spacial score (nSPS) is 14.2. The van der Waals surface area contributed by atoms with Crippen molar-refractivity contribution in [3.8, 4) is 5.75 Å². The summed E-state index contributed by atoms with van der Waals surface area (Å²) in [5, 5.41) is 11.3. The Morgan fingerprint density at radius 2 is 1.84 bits per heavy atom. The maximum atomic E-state index is 12.4. The maximum Gasteiger partial charge on any atom is 0.341 e. The lowest BCUT2D eigenvalue weighted by molar-refractivity contribution is -0.139. The van der Waals surface area contributed by atoms with Crippen molar-refractivity contribution in [2.24, 2.45) is 5.73 Å². The summed E-state index contributed by atoms with van der Waals surface area (Å²) in [7, 11) is 0. The molecule has 3 N–H and O–H groups in total. The van der Waals surface area contributed by atoms with Crippen molar-refractivity contribution < 1.29 is 19.4 Å². The van der Waals surface area contributed by atoms with Gasteiger partial charge in [0.1, 0.15) is 5.75 Å². The first-order valence-electron chi connectivity index (χ1n) is 10.1. The average Bonchev–Trinajstić information content (AvgIpc) is 3.04. The molecule has 0 saturated carbocycles. The number of aliphatic carboxylic acids is 1. The number of fused-ring (bicyclic) bond motifs is 2. The molecule has 0 saturated heterocycles. The number of allylic oxidation sites excluding steroid dienone is 2. The molecule has 0 atom stereocenters. The van der Waals surface area contributed by atoms with Crippen molar-refractivity contribution in [1.82, 2.24) is 0 Å². The standard InChI is InChI=1S/C26H23NO4/c1-3-16-11-12-17-7-4-5-8-18(17)21(16)13-20-15(2)24(26(27)30)25-19(20)9-6-10-22(25)31-14-23(28)29/h4-13H,3,14H2,1-2H3,(H2,27,30)(H,28,29). The summed E-state index contributed by atoms with van der Waals surface area (Å²) in [4.78, 5) is 23.4. The Kier molecular flexibility index (Phi) is 5.34. The minimum atomic E-state index is -1.09. The number of aryl methyl sites for hydroxylation is 1. The van der Waals surface area contributed by atoms with Crippen molar-refractivity contribution in [3.05, 3.63) is 82.4 Å². The molecule has 3 aromatic rings. The third-order valence-electron chi connectivity index (χ3n) is 5.67. The smallest absolute Gasteiger partial charge is 0.341 e. The van der Waals surface area contributed by atoms with Gasteiger partial charge in [0, 0.05) is 5.56 Å². The highest BCUT2D eigenvalue weighted by atomic mass is 16.5. The van der Waals surface area contributed by atoms with Gasteiger partial charge in [0.15, 0.2) is 6.61 Å². The maximum absolute atomic E-state index is 12.4. The molecule has 4 rings (SSSR count). The van der Waals surface area contributed by atoms with Crippen LogP contribution in [-0.2, 0) is 16.0 Å². The Bertz CT molecular complexity index is 1280. The molecule has 0 bridgehead atoms. The number of ether oxygens (including phenoxy) is 1. The van der Waals surface area contributed by atoms with Crippen LogP contribution < -0.4 is 10.5 Å². The third kappa shape index (κ3) is 3.59. The van der Waals surface area contributed by atoms with Crippen LogP contribution in [0.4, 0.5) is 0 Å². The van der Waals surface area contributed by atoms with Crippen molar-refractivity contribution >= 4 is 39.9 Å². The predicted octanol–water partition coefficient (Wildman–Crippen LogP) is 4.68. The van der Waals surface area contributed by atoms with E-state index in [0.717, 1.165) is 39.5 Å². The zero-order chi connectivity index (χ0) is 22.1. The zero-order valence-electron chi connectivity index (χ0n) is 17.4. The van der Waals surface area contributed by atoms with Crippen LogP contribution >= 0.6 is 0 Å². The van der Waals surface area contributed by atoms with E-state index in [1.54, 1.807) is 12.1 Å². The van der Waals surface area contributed by atoms with Gasteiger partial charge in [-0.1, -0.05) is 55.5 Å². The number of benzene rings is 3. The lowest BCUT2D eigenvalue weighted by Crippen LogP contribution is -2.15. The first kappa shape index (κ1) is 20.4. The van der Waals surface area contributed by atoms with Crippen LogP contribution in [0.25, 0.3) is 28.0 Å². The number of carbonyl (C=O) groups is 2. The van der Waals surface area contributed by atoms with Crippen LogP contribution in [0.1, 0.15) is 36.1 Å². The Hall–Kier alpha value is -3.86. The van der Waals surface area contributed by atoms with Crippen LogP contribution in [0.3, 0.4) is 0 Å². The highest BCUT2D eigenvalue weighted by molar-refractivity contribution is 6.28. The van der Waals surface area contributed by atoms with Gasteiger partial charge in [-0.2, -0.15) is 0 Å². The van der Waals surface area contributed by atoms with E-state index in [9.17, 15) is 9.59 Å². The Balaban J connectivity index is 1.98. The average molecular weight is 413 g/mol. The molecule has 1 aliphatic rings. The fourth-order valence-electron chi connectivity index (χ4n) is 4.26. The molecular formula is C26H23NO4. The molecule has 1 aliphatic carbocycles. The number of rotatable bonds is 6. The van der Waals surface area contributed by atoms with Crippen LogP contribution in [0, 0.1) is 0 Å². The highest BCUT2D eigenvalue weighted by Crippen LogP contribution is 2.46. The molecule has 156 valence electrons. The SMILES string of the molecule is CCc1ccc2ccccc2c1C=C1C(C)=C(C(N)=O)c2c(OCC(=O)O)cccc21. The molecule has 0 aromatic heterocycles. The lowest BCUT2D eigenvalue weighted by Gasteiger charge is -2.12. The van der Waals surface area contributed by atoms with Crippen LogP contribution in [0.2, 0.25) is 0 Å². The van der Waals surface area contributed by atoms with Crippen LogP contribution in [-0.4, -0.2) is 23.6 Å². The van der Waals surface area contributed by atoms with Crippen molar-refractivity contribution in [1.29, 1.82) is 0 Å². The molecule has 5 nitrogen and oxygen atoms in total. The number of nitrogens with two attached hydrogens (primary N) is 1. The van der Waals surface area contributed by atoms with Crippen molar-refractivity contribution in [3.63, 3.8) is 0 Å². The van der Waals surface area contributed by atoms with Gasteiger partial charge >= 0.3 is 5.97 Å². The van der Waals surface area contributed by atoms with E-state index in [1.807, 2.05) is 25.1 Å². The predicted molar refractivity (Wildman–Crippen MR) is 123 cm³/mol. The van der Waals surface area contributed by atoms with Gasteiger partial charge in [-0.25, -0.2) is 4.79 Å². The second kappa shape index (κ2) is 8.11. The fraction of sp³-hybridized carbons (Fsp3) is 0.154. The van der Waals surface area contributed by atoms with Gasteiger partial charge in [0.05, 0.1) is 5.57 Å². The summed E-state index contributed by atoms with van der Waals surface area (Å²) in [5.41, 5.74) is 11.4. The molecule has 0 fully saturated rings. The molecule has 0 radical (unpaired) electrons. The Labute approximate surface area is 180 Å². The summed E-state index contributed by atoms with van der Waals surface area (Å²) >= 11 is 0. The van der Waals surface area contributed by atoms with Gasteiger partial charge in [-0.05, 0) is 64.1 Å². The second-order valence-electron chi connectivity index (χ2n) is 7.50. The molecule has 0 unspecified atom stereocenters. The topological polar surface area (TPSA) is 89.6 Å². The number of carboxylic acids is 1. The molecule has 0 spiro atoms. The number of primary amides is 1. The fourth-order valence-corrected chi connectivity index (χ4v) is 4.26. The number of carboxylic acid groups (broad SMARTS) is 1. The summed E-state index contributed by atoms with van der Waals surface area (Å²) in [6, 6.07) is 17.8. The van der Waals surface area contributed by atoms with Crippen LogP contribution in [0.5, 0.6) is 5.75 Å². The Morgan fingerprint density at radius 1 is 1.06 bits per heavy atom. The molecule has 3 aromatic carbocycles. The largest absolute Gasteiger partial charge is 0.481 e. The van der Waals surface area contributed by atoms with Gasteiger partial charge in [-0.15, -0.1) is 0 Å². The number of carbonyl (C=O) groups excluding carboxylic acids is 1. The molecule has 0 heterocycles. The lowest BCUT2D eigenvalue weighted by atomic mass is 9.93. The van der Waals surface area contributed by atoms with Gasteiger partial charge in [0.25, 0.3) is 0 Å². The quantitative estimate of drug-likeness (QED) is 0.614. The molecule has 1 amide bonds. The molecule has 0 aliphatic heterocycles. The van der Waals surface area contributed by atoms with Crippen molar-refractivity contribution in [2.75, 3.05) is 6.61 Å².